The lowest BCUT2D eigenvalue weighted by Crippen LogP contribution is -2.59. The first-order chi connectivity index (χ1) is 13.0. The highest BCUT2D eigenvalue weighted by Crippen LogP contribution is 2.34. The van der Waals surface area contributed by atoms with Crippen molar-refractivity contribution in [3.63, 3.8) is 0 Å². The summed E-state index contributed by atoms with van der Waals surface area (Å²) in [6, 6.07) is 18.4. The van der Waals surface area contributed by atoms with E-state index >= 15 is 0 Å². The highest BCUT2D eigenvalue weighted by Gasteiger charge is 2.46. The van der Waals surface area contributed by atoms with Gasteiger partial charge < -0.3 is 15.5 Å². The molecule has 1 aliphatic rings. The van der Waals surface area contributed by atoms with Gasteiger partial charge in [0.1, 0.15) is 5.54 Å². The Morgan fingerprint density at radius 1 is 1.11 bits per heavy atom. The van der Waals surface area contributed by atoms with Gasteiger partial charge in [0.25, 0.3) is 0 Å². The second-order valence-corrected chi connectivity index (χ2v) is 7.36. The van der Waals surface area contributed by atoms with Gasteiger partial charge in [-0.1, -0.05) is 54.6 Å². The molecule has 27 heavy (non-hydrogen) atoms. The van der Waals surface area contributed by atoms with E-state index in [-0.39, 0.29) is 19.1 Å². The summed E-state index contributed by atoms with van der Waals surface area (Å²) in [5.41, 5.74) is 2.96. The van der Waals surface area contributed by atoms with E-state index in [1.165, 1.54) is 16.7 Å². The summed E-state index contributed by atoms with van der Waals surface area (Å²) in [5.74, 6) is -0.0956. The van der Waals surface area contributed by atoms with Crippen molar-refractivity contribution >= 4 is 5.91 Å². The number of likely N-dealkylation sites (N-methyl/N-ethyl adjacent to an activating group) is 1. The minimum Gasteiger partial charge on any atom is -0.394 e. The number of carbonyl (C=O) groups is 1. The van der Waals surface area contributed by atoms with Gasteiger partial charge in [0.05, 0.1) is 12.7 Å². The van der Waals surface area contributed by atoms with Gasteiger partial charge in [-0.2, -0.15) is 0 Å². The Morgan fingerprint density at radius 3 is 2.30 bits per heavy atom. The van der Waals surface area contributed by atoms with Crippen LogP contribution in [0.3, 0.4) is 0 Å². The van der Waals surface area contributed by atoms with Crippen LogP contribution in [0.1, 0.15) is 16.7 Å². The van der Waals surface area contributed by atoms with E-state index in [2.05, 4.69) is 34.5 Å². The number of nitrogens with zero attached hydrogens (tertiary/aromatic N) is 1. The minimum absolute atomic E-state index is 0.0555. The number of hydrogen-bond donors (Lipinski definition) is 3. The second kappa shape index (κ2) is 8.65. The number of hydrogen-bond acceptors (Lipinski definition) is 4. The van der Waals surface area contributed by atoms with Crippen molar-refractivity contribution in [2.75, 3.05) is 26.7 Å². The largest absolute Gasteiger partial charge is 0.394 e. The zero-order valence-corrected chi connectivity index (χ0v) is 15.8. The molecule has 0 aromatic heterocycles. The molecule has 0 saturated heterocycles. The van der Waals surface area contributed by atoms with Crippen LogP contribution in [0.5, 0.6) is 0 Å². The second-order valence-electron chi connectivity index (χ2n) is 7.36. The molecule has 3 rings (SSSR count). The monoisotopic (exact) mass is 368 g/mol. The van der Waals surface area contributed by atoms with Gasteiger partial charge in [-0.15, -0.1) is 0 Å². The van der Waals surface area contributed by atoms with Crippen LogP contribution in [-0.4, -0.2) is 59.4 Å². The zero-order valence-electron chi connectivity index (χ0n) is 15.8. The molecule has 5 heteroatoms. The van der Waals surface area contributed by atoms with Crippen LogP contribution < -0.4 is 5.32 Å². The van der Waals surface area contributed by atoms with Crippen LogP contribution in [0.25, 0.3) is 0 Å². The summed E-state index contributed by atoms with van der Waals surface area (Å²) in [6.07, 6.45) is 1.22. The van der Waals surface area contributed by atoms with Crippen LogP contribution in [0.15, 0.2) is 54.6 Å². The van der Waals surface area contributed by atoms with E-state index in [9.17, 15) is 9.90 Å². The number of rotatable bonds is 8. The Morgan fingerprint density at radius 2 is 1.70 bits per heavy atom. The number of aliphatic hydroxyl groups is 2. The molecule has 0 heterocycles. The molecule has 3 N–H and O–H groups in total. The highest BCUT2D eigenvalue weighted by molar-refractivity contribution is 5.88. The summed E-state index contributed by atoms with van der Waals surface area (Å²) < 4.78 is 0. The third-order valence-electron chi connectivity index (χ3n) is 5.53. The molecule has 144 valence electrons. The number of nitrogens with one attached hydrogen (secondary N) is 1. The van der Waals surface area contributed by atoms with Crippen molar-refractivity contribution < 1.29 is 15.0 Å². The standard InChI is InChI=1S/C22H28N2O3/c1-24(12-11-17-7-3-2-4-8-17)22(21(27)23-15-20(26)16-25)13-18-9-5-6-10-19(18)14-22/h2-10,20,25-26H,11-16H2,1H3,(H,23,27). The normalized spacial score (nSPS) is 16.1. The fourth-order valence-corrected chi connectivity index (χ4v) is 3.79. The molecule has 0 bridgehead atoms. The fourth-order valence-electron chi connectivity index (χ4n) is 3.79. The molecule has 1 aliphatic carbocycles. The van der Waals surface area contributed by atoms with E-state index < -0.39 is 11.6 Å². The quantitative estimate of drug-likeness (QED) is 0.654. The van der Waals surface area contributed by atoms with Gasteiger partial charge in [-0.25, -0.2) is 0 Å². The average molecular weight is 368 g/mol. The van der Waals surface area contributed by atoms with Crippen LogP contribution >= 0.6 is 0 Å². The van der Waals surface area contributed by atoms with E-state index in [0.29, 0.717) is 12.8 Å². The van der Waals surface area contributed by atoms with E-state index in [4.69, 9.17) is 5.11 Å². The van der Waals surface area contributed by atoms with Crippen LogP contribution in [-0.2, 0) is 24.1 Å². The molecule has 5 nitrogen and oxygen atoms in total. The summed E-state index contributed by atoms with van der Waals surface area (Å²) in [6.45, 7) is 0.450. The smallest absolute Gasteiger partial charge is 0.241 e. The summed E-state index contributed by atoms with van der Waals surface area (Å²) in [7, 11) is 2.00. The van der Waals surface area contributed by atoms with Gasteiger partial charge in [-0.3, -0.25) is 9.69 Å². The Hall–Kier alpha value is -2.21. The number of fused-ring (bicyclic) bond motifs is 1. The summed E-state index contributed by atoms with van der Waals surface area (Å²) >= 11 is 0. The van der Waals surface area contributed by atoms with Gasteiger partial charge in [0.15, 0.2) is 0 Å². The van der Waals surface area contributed by atoms with E-state index in [1.54, 1.807) is 0 Å². The van der Waals surface area contributed by atoms with Crippen molar-refractivity contribution in [3.8, 4) is 0 Å². The van der Waals surface area contributed by atoms with Crippen molar-refractivity contribution in [3.05, 3.63) is 71.3 Å². The van der Waals surface area contributed by atoms with Gasteiger partial charge >= 0.3 is 0 Å². The first-order valence-electron chi connectivity index (χ1n) is 9.44. The fraction of sp³-hybridized carbons (Fsp3) is 0.409. The minimum atomic E-state index is -0.940. The third-order valence-corrected chi connectivity index (χ3v) is 5.53. The van der Waals surface area contributed by atoms with Crippen molar-refractivity contribution in [2.24, 2.45) is 0 Å². The molecule has 0 fully saturated rings. The van der Waals surface area contributed by atoms with Crippen LogP contribution in [0, 0.1) is 0 Å². The lowest BCUT2D eigenvalue weighted by atomic mass is 9.91. The Labute approximate surface area is 160 Å². The Kier molecular flexibility index (Phi) is 6.26. The van der Waals surface area contributed by atoms with E-state index in [0.717, 1.165) is 13.0 Å². The topological polar surface area (TPSA) is 72.8 Å². The highest BCUT2D eigenvalue weighted by atomic mass is 16.3. The molecule has 1 unspecified atom stereocenters. The van der Waals surface area contributed by atoms with Crippen molar-refractivity contribution in [1.29, 1.82) is 0 Å². The molecule has 0 saturated carbocycles. The molecule has 0 radical (unpaired) electrons. The molecule has 0 aliphatic heterocycles. The SMILES string of the molecule is CN(CCc1ccccc1)C1(C(=O)NCC(O)CO)Cc2ccccc2C1. The van der Waals surface area contributed by atoms with Crippen molar-refractivity contribution in [1.82, 2.24) is 10.2 Å². The number of aliphatic hydroxyl groups excluding tert-OH is 2. The predicted octanol–water partition coefficient (Wildman–Crippen LogP) is 1.17. The lowest BCUT2D eigenvalue weighted by molar-refractivity contribution is -0.133. The molecular weight excluding hydrogens is 340 g/mol. The molecule has 2 aromatic rings. The van der Waals surface area contributed by atoms with Crippen LogP contribution in [0.2, 0.25) is 0 Å². The van der Waals surface area contributed by atoms with Gasteiger partial charge in [0.2, 0.25) is 5.91 Å². The number of carbonyl (C=O) groups excluding carboxylic acids is 1. The van der Waals surface area contributed by atoms with E-state index in [1.807, 2.05) is 37.4 Å². The Bertz CT molecular complexity index is 738. The third kappa shape index (κ3) is 4.38. The zero-order chi connectivity index (χ0) is 19.3. The maximum absolute atomic E-state index is 13.2. The molecule has 1 amide bonds. The van der Waals surface area contributed by atoms with Crippen molar-refractivity contribution in [2.45, 2.75) is 30.9 Å². The maximum Gasteiger partial charge on any atom is 0.241 e. The molecule has 0 spiro atoms. The molecule has 1 atom stereocenters. The summed E-state index contributed by atoms with van der Waals surface area (Å²) in [5, 5.41) is 21.5. The predicted molar refractivity (Wildman–Crippen MR) is 105 cm³/mol. The summed E-state index contributed by atoms with van der Waals surface area (Å²) in [4.78, 5) is 15.3. The number of amides is 1. The molecular formula is C22H28N2O3. The maximum atomic E-state index is 13.2. The van der Waals surface area contributed by atoms with Gasteiger partial charge in [0, 0.05) is 25.9 Å². The average Bonchev–Trinajstić information content (AvgIpc) is 3.11. The Balaban J connectivity index is 1.77. The lowest BCUT2D eigenvalue weighted by Gasteiger charge is -2.37. The van der Waals surface area contributed by atoms with Gasteiger partial charge in [-0.05, 0) is 30.2 Å². The van der Waals surface area contributed by atoms with Crippen LogP contribution in [0.4, 0.5) is 0 Å². The molecule has 2 aromatic carbocycles. The first kappa shape index (κ1) is 19.5. The first-order valence-corrected chi connectivity index (χ1v) is 9.44. The number of benzene rings is 2.